The van der Waals surface area contributed by atoms with E-state index in [1.165, 1.54) is 17.4 Å². The van der Waals surface area contributed by atoms with Crippen molar-refractivity contribution in [3.63, 3.8) is 0 Å². The molecule has 1 N–H and O–H groups in total. The third-order valence-electron chi connectivity index (χ3n) is 4.06. The molecular weight excluding hydrogens is 357 g/mol. The van der Waals surface area contributed by atoms with Gasteiger partial charge in [-0.2, -0.15) is 5.10 Å². The lowest BCUT2D eigenvalue weighted by Crippen LogP contribution is -1.94. The summed E-state index contributed by atoms with van der Waals surface area (Å²) in [5.41, 5.74) is 7.11. The quantitative estimate of drug-likeness (QED) is 0.341. The van der Waals surface area contributed by atoms with Crippen LogP contribution in [-0.4, -0.2) is 11.2 Å². The van der Waals surface area contributed by atoms with Gasteiger partial charge in [-0.05, 0) is 11.6 Å². The third-order valence-corrected chi connectivity index (χ3v) is 4.81. The Bertz CT molecular complexity index is 1070. The van der Waals surface area contributed by atoms with E-state index in [0.717, 1.165) is 22.4 Å². The van der Waals surface area contributed by atoms with Gasteiger partial charge in [0.15, 0.2) is 0 Å². The van der Waals surface area contributed by atoms with Gasteiger partial charge in [0.25, 0.3) is 0 Å². The molecule has 0 saturated carbocycles. The highest BCUT2D eigenvalue weighted by Gasteiger charge is 2.07. The van der Waals surface area contributed by atoms with Crippen molar-refractivity contribution in [2.45, 2.75) is 0 Å². The van der Waals surface area contributed by atoms with Crippen LogP contribution in [0.3, 0.4) is 0 Å². The van der Waals surface area contributed by atoms with E-state index in [0.29, 0.717) is 10.7 Å². The highest BCUT2D eigenvalue weighted by Crippen LogP contribution is 2.26. The predicted octanol–water partition coefficient (Wildman–Crippen LogP) is 6.06. The number of nitrogens with one attached hydrogen (secondary N) is 1. The first-order chi connectivity index (χ1) is 13.3. The van der Waals surface area contributed by atoms with Crippen LogP contribution < -0.4 is 5.43 Å². The maximum absolute atomic E-state index is 14.1. The van der Waals surface area contributed by atoms with E-state index in [2.05, 4.69) is 15.5 Å². The molecule has 132 valence electrons. The molecule has 27 heavy (non-hydrogen) atoms. The monoisotopic (exact) mass is 373 g/mol. The van der Waals surface area contributed by atoms with Crippen LogP contribution in [0.15, 0.2) is 89.3 Å². The number of aromatic nitrogens is 1. The fourth-order valence-corrected chi connectivity index (χ4v) is 3.43. The Hall–Kier alpha value is -3.31. The standard InChI is InChI=1S/C22H16FN3S/c23-20-13-7-6-12-19(20)18-11-5-4-10-17(18)14-24-26-22-25-21(15-27-22)16-8-2-1-3-9-16/h1-15H,(H,25,26). The molecular formula is C22H16FN3S. The molecule has 3 nitrogen and oxygen atoms in total. The zero-order valence-electron chi connectivity index (χ0n) is 14.3. The van der Waals surface area contributed by atoms with E-state index >= 15 is 0 Å². The number of rotatable bonds is 5. The van der Waals surface area contributed by atoms with Gasteiger partial charge in [0.2, 0.25) is 5.13 Å². The van der Waals surface area contributed by atoms with Crippen LogP contribution in [0.5, 0.6) is 0 Å². The lowest BCUT2D eigenvalue weighted by atomic mass is 10.00. The first-order valence-corrected chi connectivity index (χ1v) is 9.33. The number of thiazole rings is 1. The van der Waals surface area contributed by atoms with E-state index in [1.807, 2.05) is 66.0 Å². The van der Waals surface area contributed by atoms with Gasteiger partial charge in [0.1, 0.15) is 5.82 Å². The van der Waals surface area contributed by atoms with Gasteiger partial charge in [-0.1, -0.05) is 72.8 Å². The van der Waals surface area contributed by atoms with E-state index in [4.69, 9.17) is 0 Å². The molecule has 0 unspecified atom stereocenters. The molecule has 0 aliphatic carbocycles. The van der Waals surface area contributed by atoms with Gasteiger partial charge in [0.05, 0.1) is 11.9 Å². The number of halogens is 1. The Labute approximate surface area is 160 Å². The molecule has 4 rings (SSSR count). The zero-order chi connectivity index (χ0) is 18.5. The van der Waals surface area contributed by atoms with Crippen LogP contribution in [-0.2, 0) is 0 Å². The molecule has 0 fully saturated rings. The van der Waals surface area contributed by atoms with Crippen molar-refractivity contribution in [2.24, 2.45) is 5.10 Å². The van der Waals surface area contributed by atoms with Gasteiger partial charge in [0, 0.05) is 22.1 Å². The number of hydrogen-bond acceptors (Lipinski definition) is 4. The normalized spacial score (nSPS) is 11.0. The summed E-state index contributed by atoms with van der Waals surface area (Å²) in [6, 6.07) is 24.3. The minimum atomic E-state index is -0.251. The van der Waals surface area contributed by atoms with Crippen molar-refractivity contribution in [1.29, 1.82) is 0 Å². The number of anilines is 1. The number of hydrogen-bond donors (Lipinski definition) is 1. The van der Waals surface area contributed by atoms with Crippen molar-refractivity contribution in [1.82, 2.24) is 4.98 Å². The molecule has 0 aliphatic rings. The molecule has 3 aromatic carbocycles. The SMILES string of the molecule is Fc1ccccc1-c1ccccc1C=NNc1nc(-c2ccccc2)cs1. The zero-order valence-corrected chi connectivity index (χ0v) is 15.2. The second kappa shape index (κ2) is 7.93. The van der Waals surface area contributed by atoms with Crippen molar-refractivity contribution < 1.29 is 4.39 Å². The molecule has 4 aromatic rings. The van der Waals surface area contributed by atoms with E-state index in [1.54, 1.807) is 18.3 Å². The fraction of sp³-hybridized carbons (Fsp3) is 0. The summed E-state index contributed by atoms with van der Waals surface area (Å²) >= 11 is 1.49. The molecule has 0 atom stereocenters. The smallest absolute Gasteiger partial charge is 0.203 e. The molecule has 5 heteroatoms. The van der Waals surface area contributed by atoms with Crippen LogP contribution in [0.25, 0.3) is 22.4 Å². The average Bonchev–Trinajstić information content (AvgIpc) is 3.19. The minimum absolute atomic E-state index is 0.251. The van der Waals surface area contributed by atoms with Gasteiger partial charge in [-0.3, -0.25) is 5.43 Å². The van der Waals surface area contributed by atoms with E-state index < -0.39 is 0 Å². The molecule has 0 bridgehead atoms. The molecule has 0 spiro atoms. The van der Waals surface area contributed by atoms with Crippen molar-refractivity contribution >= 4 is 22.7 Å². The second-order valence-corrected chi connectivity index (χ2v) is 6.70. The Morgan fingerprint density at radius 1 is 0.852 bits per heavy atom. The predicted molar refractivity (Wildman–Crippen MR) is 111 cm³/mol. The maximum Gasteiger partial charge on any atom is 0.203 e. The van der Waals surface area contributed by atoms with Crippen LogP contribution in [0, 0.1) is 5.82 Å². The fourth-order valence-electron chi connectivity index (χ4n) is 2.76. The molecule has 1 heterocycles. The summed E-state index contributed by atoms with van der Waals surface area (Å²) in [6.07, 6.45) is 1.69. The van der Waals surface area contributed by atoms with Gasteiger partial charge >= 0.3 is 0 Å². The summed E-state index contributed by atoms with van der Waals surface area (Å²) < 4.78 is 14.1. The molecule has 0 aliphatic heterocycles. The minimum Gasteiger partial charge on any atom is -0.253 e. The Kier molecular flexibility index (Phi) is 5.03. The van der Waals surface area contributed by atoms with Crippen molar-refractivity contribution in [3.8, 4) is 22.4 Å². The second-order valence-electron chi connectivity index (χ2n) is 5.84. The van der Waals surface area contributed by atoms with Crippen LogP contribution in [0.2, 0.25) is 0 Å². The van der Waals surface area contributed by atoms with E-state index in [-0.39, 0.29) is 5.82 Å². The molecule has 0 saturated heterocycles. The van der Waals surface area contributed by atoms with Crippen LogP contribution in [0.1, 0.15) is 5.56 Å². The Morgan fingerprint density at radius 3 is 2.37 bits per heavy atom. The third kappa shape index (κ3) is 3.93. The maximum atomic E-state index is 14.1. The summed E-state index contributed by atoms with van der Waals surface area (Å²) in [6.45, 7) is 0. The van der Waals surface area contributed by atoms with Gasteiger partial charge in [-0.25, -0.2) is 9.37 Å². The largest absolute Gasteiger partial charge is 0.253 e. The highest BCUT2D eigenvalue weighted by atomic mass is 32.1. The summed E-state index contributed by atoms with van der Waals surface area (Å²) in [7, 11) is 0. The molecule has 1 aromatic heterocycles. The van der Waals surface area contributed by atoms with E-state index in [9.17, 15) is 4.39 Å². The summed E-state index contributed by atoms with van der Waals surface area (Å²) in [5.74, 6) is -0.251. The summed E-state index contributed by atoms with van der Waals surface area (Å²) in [4.78, 5) is 4.54. The Balaban J connectivity index is 1.53. The Morgan fingerprint density at radius 2 is 1.56 bits per heavy atom. The van der Waals surface area contributed by atoms with Crippen LogP contribution in [0.4, 0.5) is 9.52 Å². The van der Waals surface area contributed by atoms with Crippen molar-refractivity contribution in [2.75, 3.05) is 5.43 Å². The van der Waals surface area contributed by atoms with Gasteiger partial charge < -0.3 is 0 Å². The first-order valence-electron chi connectivity index (χ1n) is 8.45. The lowest BCUT2D eigenvalue weighted by molar-refractivity contribution is 0.631. The molecule has 0 radical (unpaired) electrons. The number of hydrazone groups is 1. The first kappa shape index (κ1) is 17.1. The number of benzene rings is 3. The summed E-state index contributed by atoms with van der Waals surface area (Å²) in [5, 5.41) is 6.97. The van der Waals surface area contributed by atoms with Gasteiger partial charge in [-0.15, -0.1) is 11.3 Å². The highest BCUT2D eigenvalue weighted by molar-refractivity contribution is 7.14. The topological polar surface area (TPSA) is 37.3 Å². The molecule has 0 amide bonds. The average molecular weight is 373 g/mol. The van der Waals surface area contributed by atoms with Crippen molar-refractivity contribution in [3.05, 3.63) is 95.6 Å². The van der Waals surface area contributed by atoms with Crippen LogP contribution >= 0.6 is 11.3 Å². The number of nitrogens with zero attached hydrogens (tertiary/aromatic N) is 2. The lowest BCUT2D eigenvalue weighted by Gasteiger charge is -2.06.